The molecule has 570 valence electrons. The highest BCUT2D eigenvalue weighted by Crippen LogP contribution is 2.39. The maximum absolute atomic E-state index is 10.0. The van der Waals surface area contributed by atoms with Crippen molar-refractivity contribution >= 4 is 11.6 Å². The van der Waals surface area contributed by atoms with Crippen molar-refractivity contribution in [3.8, 4) is 85.2 Å². The summed E-state index contributed by atoms with van der Waals surface area (Å²) in [5, 5.41) is 51.3. The number of hydrogen-bond acceptors (Lipinski definition) is 23. The second-order valence-corrected chi connectivity index (χ2v) is 29.3. The predicted octanol–water partition coefficient (Wildman–Crippen LogP) is 14.3. The summed E-state index contributed by atoms with van der Waals surface area (Å²) in [6, 6.07) is 25.2. The standard InChI is InChI=1S/C28H39N5O3.C28H38N4O3.C27H37N5O3/c1-18-26(25-19(2)32-36-20(25)3)30-27(31-28(18)33(5)16-21-10-7-6-8-11-21)22-12-9-13-24(14-22)35-17-23(34)15-29-4;1-18-25(14-13-21-9-6-5-7-10-21)30-28(31-27(18)26-19(2)32-35-20(26)3)22-11-8-12-24(15-22)34-17-23(33)16-29-4;1-18-26(19(2)35-31-18)24-14-25(32(4)16-20-9-6-5-7-10-20)30-27(29-24)21-11-8-12-23(13-21)34-17-22(33)15-28-3/h9,12-14,21,23,29,34H,6-8,10-11,15-17H2,1-5H3;8,11-12,15,21,23,29,33H,5-7,9-10,13-14,16-17H2,1-4H3;8,11-14,20,22,28,33H,5-7,9-10,15-17H2,1-4H3. The molecule has 3 atom stereocenters. The SMILES string of the molecule is CNCC(O)COc1cccc(-c2nc(-c3c(C)noc3C)c(C)c(N(C)CC3CCCCC3)n2)c1.CNCC(O)COc1cccc(-c2nc(-c3c(C)noc3C)cc(N(C)CC3CCCCC3)n2)c1.CNCC(O)COc1cccc(-c2nc(CCC3CCCCC3)c(C)c(-c3c(C)noc3C)n2)c1. The number of likely N-dealkylation sites (N-methyl/N-ethyl adjacent to an activating group) is 3. The fourth-order valence-corrected chi connectivity index (χ4v) is 15.0. The molecule has 9 aromatic rings. The van der Waals surface area contributed by atoms with Gasteiger partial charge in [-0.3, -0.25) is 0 Å². The van der Waals surface area contributed by atoms with Crippen molar-refractivity contribution in [2.24, 2.45) is 17.8 Å². The molecule has 6 N–H and O–H groups in total. The summed E-state index contributed by atoms with van der Waals surface area (Å²) < 4.78 is 33.9. The molecule has 12 rings (SSSR count). The molecular weight excluding hydrogens is 1340 g/mol. The van der Waals surface area contributed by atoms with E-state index >= 15 is 0 Å². The first-order valence-corrected chi connectivity index (χ1v) is 38.3. The Labute approximate surface area is 626 Å². The summed E-state index contributed by atoms with van der Waals surface area (Å²) >= 11 is 0. The lowest BCUT2D eigenvalue weighted by Crippen LogP contribution is -2.29. The summed E-state index contributed by atoms with van der Waals surface area (Å²) in [5.74, 6) is 10.2. The molecule has 3 aliphatic carbocycles. The first-order chi connectivity index (χ1) is 51.3. The van der Waals surface area contributed by atoms with Crippen LogP contribution < -0.4 is 40.0 Å². The van der Waals surface area contributed by atoms with Crippen molar-refractivity contribution in [2.75, 3.05) is 97.6 Å². The van der Waals surface area contributed by atoms with Crippen LogP contribution in [0.4, 0.5) is 11.6 Å². The van der Waals surface area contributed by atoms with Crippen LogP contribution in [0.15, 0.2) is 92.4 Å². The number of rotatable bonds is 30. The Bertz CT molecular complexity index is 4170. The molecule has 0 spiro atoms. The van der Waals surface area contributed by atoms with Crippen LogP contribution in [0.3, 0.4) is 0 Å². The summed E-state index contributed by atoms with van der Waals surface area (Å²) in [6.07, 6.45) is 20.1. The van der Waals surface area contributed by atoms with Crippen molar-refractivity contribution in [1.29, 1.82) is 0 Å². The normalized spacial score (nSPS) is 15.2. The second kappa shape index (κ2) is 39.2. The molecule has 3 aliphatic rings. The zero-order valence-electron chi connectivity index (χ0n) is 64.9. The van der Waals surface area contributed by atoms with E-state index in [2.05, 4.69) is 69.2 Å². The maximum atomic E-state index is 10.0. The third-order valence-electron chi connectivity index (χ3n) is 20.6. The quantitative estimate of drug-likeness (QED) is 0.0244. The maximum Gasteiger partial charge on any atom is 0.162 e. The van der Waals surface area contributed by atoms with Crippen LogP contribution in [-0.2, 0) is 6.42 Å². The highest BCUT2D eigenvalue weighted by Gasteiger charge is 2.27. The fourth-order valence-electron chi connectivity index (χ4n) is 15.0. The zero-order chi connectivity index (χ0) is 75.2. The van der Waals surface area contributed by atoms with Crippen LogP contribution in [-0.4, -0.2) is 167 Å². The Morgan fingerprint density at radius 2 is 0.830 bits per heavy atom. The molecule has 3 saturated carbocycles. The Balaban J connectivity index is 0.000000170. The van der Waals surface area contributed by atoms with Crippen molar-refractivity contribution in [1.82, 2.24) is 61.3 Å². The molecule has 106 heavy (non-hydrogen) atoms. The van der Waals surface area contributed by atoms with E-state index in [4.69, 9.17) is 57.7 Å². The molecular formula is C83H114N14O9. The Morgan fingerprint density at radius 3 is 1.25 bits per heavy atom. The van der Waals surface area contributed by atoms with Gasteiger partial charge in [-0.2, -0.15) is 0 Å². The van der Waals surface area contributed by atoms with Crippen molar-refractivity contribution < 1.29 is 43.1 Å². The molecule has 3 fully saturated rings. The molecule has 0 aliphatic heterocycles. The van der Waals surface area contributed by atoms with Gasteiger partial charge in [0.25, 0.3) is 0 Å². The van der Waals surface area contributed by atoms with Crippen LogP contribution in [0.1, 0.15) is 154 Å². The summed E-state index contributed by atoms with van der Waals surface area (Å²) in [5.41, 5.74) is 13.6. The first kappa shape index (κ1) is 79.8. The van der Waals surface area contributed by atoms with Crippen LogP contribution in [0, 0.1) is 73.1 Å². The average molecular weight is 1450 g/mol. The van der Waals surface area contributed by atoms with Crippen LogP contribution >= 0.6 is 0 Å². The van der Waals surface area contributed by atoms with Crippen molar-refractivity contribution in [3.63, 3.8) is 0 Å². The van der Waals surface area contributed by atoms with Crippen molar-refractivity contribution in [2.45, 2.75) is 183 Å². The van der Waals surface area contributed by atoms with E-state index in [0.29, 0.717) is 66.2 Å². The van der Waals surface area contributed by atoms with E-state index in [0.717, 1.165) is 145 Å². The van der Waals surface area contributed by atoms with E-state index in [-0.39, 0.29) is 19.8 Å². The van der Waals surface area contributed by atoms with E-state index < -0.39 is 18.3 Å². The summed E-state index contributed by atoms with van der Waals surface area (Å²) in [7, 11) is 9.66. The minimum absolute atomic E-state index is 0.207. The number of aromatic nitrogens is 9. The minimum Gasteiger partial charge on any atom is -0.491 e. The van der Waals surface area contributed by atoms with Gasteiger partial charge in [0.05, 0.1) is 50.9 Å². The summed E-state index contributed by atoms with van der Waals surface area (Å²) in [6.45, 7) is 19.8. The van der Waals surface area contributed by atoms with E-state index in [1.54, 1.807) is 21.1 Å². The molecule has 0 saturated heterocycles. The van der Waals surface area contributed by atoms with Gasteiger partial charge in [0, 0.05) is 80.8 Å². The number of nitrogens with one attached hydrogen (secondary N) is 3. The van der Waals surface area contributed by atoms with Gasteiger partial charge in [0.2, 0.25) is 0 Å². The minimum atomic E-state index is -0.583. The van der Waals surface area contributed by atoms with Crippen LogP contribution in [0.5, 0.6) is 17.2 Å². The number of benzene rings is 3. The van der Waals surface area contributed by atoms with Gasteiger partial charge in [-0.15, -0.1) is 0 Å². The van der Waals surface area contributed by atoms with Gasteiger partial charge in [-0.25, -0.2) is 29.9 Å². The Kier molecular flexibility index (Phi) is 29.5. The first-order valence-electron chi connectivity index (χ1n) is 38.3. The predicted molar refractivity (Wildman–Crippen MR) is 418 cm³/mol. The van der Waals surface area contributed by atoms with Gasteiger partial charge in [-0.05, 0) is 175 Å². The lowest BCUT2D eigenvalue weighted by atomic mass is 9.85. The number of ether oxygens (including phenoxy) is 3. The van der Waals surface area contributed by atoms with Gasteiger partial charge in [-0.1, -0.05) is 122 Å². The van der Waals surface area contributed by atoms with Gasteiger partial charge < -0.3 is 68.8 Å². The average Bonchev–Trinajstić information content (AvgIpc) is 1.07. The number of nitrogens with zero attached hydrogens (tertiary/aromatic N) is 11. The molecule has 3 aromatic carbocycles. The van der Waals surface area contributed by atoms with E-state index in [9.17, 15) is 15.3 Å². The summed E-state index contributed by atoms with van der Waals surface area (Å²) in [4.78, 5) is 34.5. The van der Waals surface area contributed by atoms with Crippen LogP contribution in [0.25, 0.3) is 67.9 Å². The molecule has 0 amide bonds. The Hall–Kier alpha value is -8.71. The number of aliphatic hydroxyl groups is 3. The molecule has 0 bridgehead atoms. The zero-order valence-corrected chi connectivity index (χ0v) is 64.9. The highest BCUT2D eigenvalue weighted by atomic mass is 16.5. The molecule has 23 heteroatoms. The van der Waals surface area contributed by atoms with Gasteiger partial charge in [0.15, 0.2) is 17.5 Å². The number of aryl methyl sites for hydroxylation is 7. The van der Waals surface area contributed by atoms with Crippen molar-refractivity contribution in [3.05, 3.63) is 130 Å². The lowest BCUT2D eigenvalue weighted by Gasteiger charge is -2.29. The monoisotopic (exact) mass is 1450 g/mol. The molecule has 6 aromatic heterocycles. The van der Waals surface area contributed by atoms with E-state index in [1.807, 2.05) is 120 Å². The smallest absolute Gasteiger partial charge is 0.162 e. The Morgan fingerprint density at radius 1 is 0.443 bits per heavy atom. The second-order valence-electron chi connectivity index (χ2n) is 29.3. The molecule has 3 unspecified atom stereocenters. The van der Waals surface area contributed by atoms with Crippen LogP contribution in [0.2, 0.25) is 0 Å². The van der Waals surface area contributed by atoms with E-state index in [1.165, 1.54) is 96.3 Å². The molecule has 6 heterocycles. The van der Waals surface area contributed by atoms with Gasteiger partial charge in [0.1, 0.15) is 84.3 Å². The van der Waals surface area contributed by atoms with Gasteiger partial charge >= 0.3 is 0 Å². The number of aliphatic hydroxyl groups excluding tert-OH is 3. The molecule has 0 radical (unpaired) electrons. The third-order valence-corrected chi connectivity index (χ3v) is 20.6. The fraction of sp³-hybridized carbons (Fsp3) is 0.530. The topological polar surface area (TPSA) is 286 Å². The third kappa shape index (κ3) is 21.8. The highest BCUT2D eigenvalue weighted by molar-refractivity contribution is 5.76. The number of anilines is 2. The molecule has 23 nitrogen and oxygen atoms in total. The lowest BCUT2D eigenvalue weighted by molar-refractivity contribution is 0.108. The number of hydrogen-bond donors (Lipinski definition) is 6. The largest absolute Gasteiger partial charge is 0.491 e.